The van der Waals surface area contributed by atoms with Crippen LogP contribution in [0.3, 0.4) is 0 Å². The molecule has 1 atom stereocenters. The lowest BCUT2D eigenvalue weighted by molar-refractivity contribution is 0.0695. The average molecular weight is 363 g/mol. The summed E-state index contributed by atoms with van der Waals surface area (Å²) >= 11 is 0. The zero-order chi connectivity index (χ0) is 17.7. The summed E-state index contributed by atoms with van der Waals surface area (Å²) in [6.45, 7) is 3.03. The van der Waals surface area contributed by atoms with Gasteiger partial charge in [0, 0.05) is 43.8 Å². The molecule has 2 heterocycles. The van der Waals surface area contributed by atoms with E-state index in [-0.39, 0.29) is 17.0 Å². The van der Waals surface area contributed by atoms with Crippen molar-refractivity contribution in [2.75, 3.05) is 31.1 Å². The second kappa shape index (κ2) is 6.07. The van der Waals surface area contributed by atoms with E-state index < -0.39 is 17.2 Å². The first kappa shape index (κ1) is 16.5. The van der Waals surface area contributed by atoms with E-state index in [4.69, 9.17) is 0 Å². The molecule has 0 radical (unpaired) electrons. The first-order valence-corrected chi connectivity index (χ1v) is 8.83. The van der Waals surface area contributed by atoms with Gasteiger partial charge < -0.3 is 14.6 Å². The highest BCUT2D eigenvalue weighted by molar-refractivity contribution is 7.13. The summed E-state index contributed by atoms with van der Waals surface area (Å²) in [5, 5.41) is 9.42. The number of nitrogens with zero attached hydrogens (tertiary/aromatic N) is 3. The Morgan fingerprint density at radius 1 is 1.20 bits per heavy atom. The number of benzene rings is 1. The Morgan fingerprint density at radius 2 is 1.88 bits per heavy atom. The van der Waals surface area contributed by atoms with Crippen LogP contribution in [0.15, 0.2) is 23.1 Å². The smallest absolute Gasteiger partial charge is 0.341 e. The number of piperazine rings is 1. The van der Waals surface area contributed by atoms with Crippen molar-refractivity contribution in [2.24, 2.45) is 0 Å². The molecule has 0 amide bonds. The van der Waals surface area contributed by atoms with Crippen LogP contribution in [0.5, 0.6) is 0 Å². The lowest BCUT2D eigenvalue weighted by Gasteiger charge is -2.34. The van der Waals surface area contributed by atoms with E-state index in [0.717, 1.165) is 25.9 Å². The predicted octanol–water partition coefficient (Wildman–Crippen LogP) is 2.09. The van der Waals surface area contributed by atoms with Crippen LogP contribution in [0.1, 0.15) is 29.2 Å². The largest absolute Gasteiger partial charge is 0.477 e. The van der Waals surface area contributed by atoms with Crippen molar-refractivity contribution in [3.8, 4) is 0 Å². The lowest BCUT2D eigenvalue weighted by Crippen LogP contribution is -2.42. The summed E-state index contributed by atoms with van der Waals surface area (Å²) in [5.41, 5.74) is 0.160. The summed E-state index contributed by atoms with van der Waals surface area (Å²) in [4.78, 5) is 25.8. The van der Waals surface area contributed by atoms with E-state index in [1.165, 1.54) is 12.3 Å². The summed E-state index contributed by atoms with van der Waals surface area (Å²) in [6, 6.07) is 3.09. The van der Waals surface area contributed by atoms with Crippen molar-refractivity contribution < 1.29 is 14.3 Å². The number of pyridine rings is 1. The fourth-order valence-electron chi connectivity index (χ4n) is 3.37. The fourth-order valence-corrected chi connectivity index (χ4v) is 3.60. The fraction of sp³-hybridized carbons (Fsp3) is 0.412. The molecule has 1 aliphatic carbocycles. The van der Waals surface area contributed by atoms with Crippen LogP contribution in [-0.4, -0.2) is 46.5 Å². The predicted molar refractivity (Wildman–Crippen MR) is 96.9 cm³/mol. The van der Waals surface area contributed by atoms with E-state index in [1.807, 2.05) is 9.47 Å². The molecule has 1 aromatic carbocycles. The van der Waals surface area contributed by atoms with Gasteiger partial charge in [-0.2, -0.15) is 0 Å². The van der Waals surface area contributed by atoms with Gasteiger partial charge in [0.1, 0.15) is 11.4 Å². The molecule has 1 aromatic heterocycles. The number of hydrogen-bond acceptors (Lipinski definition) is 4. The lowest BCUT2D eigenvalue weighted by atomic mass is 10.1. The summed E-state index contributed by atoms with van der Waals surface area (Å²) in [7, 11) is 2.65. The van der Waals surface area contributed by atoms with E-state index in [2.05, 4.69) is 14.1 Å². The standard InChI is InChI=1S/C17H19FN3O3P/c18-13-7-11-14(8-15(13)19-3-5-20(25)6-4-19)21(10-1-2-10)9-12(16(11)22)17(23)24/h7-10H,1-6,25H2,(H,23,24). The Hall–Kier alpha value is -1.98. The third-order valence-electron chi connectivity index (χ3n) is 4.93. The van der Waals surface area contributed by atoms with Crippen molar-refractivity contribution in [3.05, 3.63) is 39.9 Å². The molecule has 132 valence electrons. The average Bonchev–Trinajstić information content (AvgIpc) is 3.41. The molecule has 2 aromatic rings. The molecule has 1 saturated carbocycles. The van der Waals surface area contributed by atoms with Crippen LogP contribution >= 0.6 is 9.39 Å². The van der Waals surface area contributed by atoms with Crippen molar-refractivity contribution in [1.82, 2.24) is 9.24 Å². The highest BCUT2D eigenvalue weighted by atomic mass is 31.0. The second-order valence-corrected chi connectivity index (χ2v) is 7.39. The molecular formula is C17H19FN3O3P. The monoisotopic (exact) mass is 363 g/mol. The van der Waals surface area contributed by atoms with E-state index in [0.29, 0.717) is 24.3 Å². The number of halogens is 1. The summed E-state index contributed by atoms with van der Waals surface area (Å²) in [5.74, 6) is -1.76. The van der Waals surface area contributed by atoms with E-state index in [9.17, 15) is 19.1 Å². The van der Waals surface area contributed by atoms with Crippen LogP contribution in [0, 0.1) is 5.82 Å². The minimum absolute atomic E-state index is 0.137. The van der Waals surface area contributed by atoms with Crippen LogP contribution in [0.25, 0.3) is 10.9 Å². The molecule has 0 bridgehead atoms. The molecule has 4 rings (SSSR count). The highest BCUT2D eigenvalue weighted by Gasteiger charge is 2.28. The number of hydrogen-bond donors (Lipinski definition) is 1. The van der Waals surface area contributed by atoms with Gasteiger partial charge >= 0.3 is 5.97 Å². The molecule has 1 saturated heterocycles. The van der Waals surface area contributed by atoms with Gasteiger partial charge in [-0.25, -0.2) is 9.18 Å². The maximum atomic E-state index is 14.7. The number of carboxylic acids is 1. The maximum absolute atomic E-state index is 14.7. The van der Waals surface area contributed by atoms with Gasteiger partial charge in [0.2, 0.25) is 5.43 Å². The molecule has 0 spiro atoms. The van der Waals surface area contributed by atoms with Gasteiger partial charge in [-0.1, -0.05) is 9.39 Å². The molecule has 1 aliphatic heterocycles. The zero-order valence-corrected chi connectivity index (χ0v) is 14.8. The minimum atomic E-state index is -1.28. The quantitative estimate of drug-likeness (QED) is 0.846. The second-order valence-electron chi connectivity index (χ2n) is 6.66. The van der Waals surface area contributed by atoms with Crippen LogP contribution < -0.4 is 10.3 Å². The van der Waals surface area contributed by atoms with Crippen molar-refractivity contribution in [3.63, 3.8) is 0 Å². The Balaban J connectivity index is 1.90. The molecule has 6 nitrogen and oxygen atoms in total. The summed E-state index contributed by atoms with van der Waals surface area (Å²) in [6.07, 6.45) is 3.29. The molecule has 2 aliphatic rings. The van der Waals surface area contributed by atoms with E-state index in [1.54, 1.807) is 6.07 Å². The molecule has 8 heteroatoms. The maximum Gasteiger partial charge on any atom is 0.341 e. The Labute approximate surface area is 146 Å². The third-order valence-corrected chi connectivity index (χ3v) is 5.44. The number of aromatic carboxylic acids is 1. The Kier molecular flexibility index (Phi) is 4.01. The summed E-state index contributed by atoms with van der Waals surface area (Å²) < 4.78 is 18.6. The van der Waals surface area contributed by atoms with Gasteiger partial charge in [0.25, 0.3) is 0 Å². The molecule has 25 heavy (non-hydrogen) atoms. The van der Waals surface area contributed by atoms with Crippen molar-refractivity contribution >= 4 is 32.0 Å². The third kappa shape index (κ3) is 2.92. The molecular weight excluding hydrogens is 344 g/mol. The number of fused-ring (bicyclic) bond motifs is 1. The first-order chi connectivity index (χ1) is 12.0. The Bertz CT molecular complexity index is 917. The van der Waals surface area contributed by atoms with Crippen LogP contribution in [-0.2, 0) is 0 Å². The van der Waals surface area contributed by atoms with Crippen molar-refractivity contribution in [1.29, 1.82) is 0 Å². The SMILES string of the molecule is O=C(O)c1cn(C2CC2)c2cc(N3CCN(P)CC3)c(F)cc2c1=O. The van der Waals surface area contributed by atoms with Gasteiger partial charge in [0.05, 0.1) is 11.2 Å². The van der Waals surface area contributed by atoms with Crippen LogP contribution in [0.2, 0.25) is 0 Å². The number of anilines is 1. The minimum Gasteiger partial charge on any atom is -0.477 e. The molecule has 1 unspecified atom stereocenters. The normalized spacial score (nSPS) is 18.7. The topological polar surface area (TPSA) is 65.8 Å². The number of carbonyl (C=O) groups is 1. The van der Waals surface area contributed by atoms with Gasteiger partial charge in [-0.15, -0.1) is 0 Å². The number of aromatic nitrogens is 1. The van der Waals surface area contributed by atoms with Gasteiger partial charge in [-0.05, 0) is 25.0 Å². The first-order valence-electron chi connectivity index (χ1n) is 8.32. The van der Waals surface area contributed by atoms with Gasteiger partial charge in [0.15, 0.2) is 0 Å². The molecule has 1 N–H and O–H groups in total. The van der Waals surface area contributed by atoms with Crippen LogP contribution in [0.4, 0.5) is 10.1 Å². The number of carboxylic acid groups (broad SMARTS) is 1. The van der Waals surface area contributed by atoms with Gasteiger partial charge in [-0.3, -0.25) is 9.46 Å². The zero-order valence-electron chi connectivity index (χ0n) is 13.6. The van der Waals surface area contributed by atoms with Crippen molar-refractivity contribution in [2.45, 2.75) is 18.9 Å². The number of rotatable bonds is 3. The molecule has 2 fully saturated rings. The van der Waals surface area contributed by atoms with E-state index >= 15 is 0 Å². The highest BCUT2D eigenvalue weighted by Crippen LogP contribution is 2.38. The Morgan fingerprint density at radius 3 is 2.48 bits per heavy atom.